The highest BCUT2D eigenvalue weighted by Gasteiger charge is 2.18. The summed E-state index contributed by atoms with van der Waals surface area (Å²) in [6, 6.07) is 12.0. The fraction of sp³-hybridized carbons (Fsp3) is 0.111. The summed E-state index contributed by atoms with van der Waals surface area (Å²) in [5, 5.41) is 2.83. The van der Waals surface area contributed by atoms with Gasteiger partial charge < -0.3 is 9.88 Å². The van der Waals surface area contributed by atoms with E-state index in [0.717, 1.165) is 23.2 Å². The molecule has 4 nitrogen and oxygen atoms in total. The number of carbonyl (C=O) groups excluding carboxylic acids is 1. The van der Waals surface area contributed by atoms with E-state index >= 15 is 0 Å². The number of carbonyl (C=O) groups is 1. The summed E-state index contributed by atoms with van der Waals surface area (Å²) in [7, 11) is 0. The number of nitrogens with zero attached hydrogens (tertiary/aromatic N) is 2. The van der Waals surface area contributed by atoms with Crippen molar-refractivity contribution >= 4 is 18.3 Å². The van der Waals surface area contributed by atoms with E-state index in [4.69, 9.17) is 0 Å². The number of fused-ring (bicyclic) bond motifs is 1. The molecule has 0 fully saturated rings. The Labute approximate surface area is 144 Å². The predicted octanol–water partition coefficient (Wildman–Crippen LogP) is 3.52. The number of halogens is 2. The van der Waals surface area contributed by atoms with Gasteiger partial charge in [0.05, 0.1) is 5.69 Å². The molecular formula is C18H15ClFN3O. The van der Waals surface area contributed by atoms with Crippen LogP contribution >= 0.6 is 12.4 Å². The number of rotatable bonds is 2. The van der Waals surface area contributed by atoms with Crippen LogP contribution in [0.25, 0.3) is 22.4 Å². The molecule has 1 aromatic carbocycles. The van der Waals surface area contributed by atoms with E-state index in [1.54, 1.807) is 12.3 Å². The van der Waals surface area contributed by atoms with Gasteiger partial charge in [0, 0.05) is 36.6 Å². The van der Waals surface area contributed by atoms with Crippen molar-refractivity contribution in [2.45, 2.75) is 6.54 Å². The maximum absolute atomic E-state index is 13.4. The van der Waals surface area contributed by atoms with Crippen molar-refractivity contribution in [3.63, 3.8) is 0 Å². The number of hydrogen-bond donors (Lipinski definition) is 1. The van der Waals surface area contributed by atoms with E-state index in [1.165, 1.54) is 12.1 Å². The second-order valence-electron chi connectivity index (χ2n) is 5.50. The molecule has 2 aromatic heterocycles. The van der Waals surface area contributed by atoms with Gasteiger partial charge in [-0.25, -0.2) is 4.39 Å². The average molecular weight is 344 g/mol. The molecule has 1 aliphatic heterocycles. The third kappa shape index (κ3) is 2.90. The molecule has 0 aliphatic carbocycles. The molecule has 4 rings (SSSR count). The Hall–Kier alpha value is -2.66. The molecule has 0 radical (unpaired) electrons. The number of amides is 1. The first kappa shape index (κ1) is 16.2. The number of hydrogen-bond acceptors (Lipinski definition) is 2. The van der Waals surface area contributed by atoms with Crippen LogP contribution in [0.3, 0.4) is 0 Å². The zero-order valence-corrected chi connectivity index (χ0v) is 13.5. The number of nitrogens with one attached hydrogen (secondary N) is 1. The number of aromatic nitrogens is 2. The van der Waals surface area contributed by atoms with Gasteiger partial charge >= 0.3 is 0 Å². The maximum atomic E-state index is 13.4. The standard InChI is InChI=1S/C18H14FN3O.ClH/c19-15-3-1-2-13(8-15)16-9-12(4-5-20-16)14-10-17-18(23)21-6-7-22(17)11-14;/h1-5,8-11H,6-7H2,(H,21,23);1H. The van der Waals surface area contributed by atoms with Crippen LogP contribution in [0.15, 0.2) is 54.9 Å². The highest BCUT2D eigenvalue weighted by molar-refractivity contribution is 5.95. The molecule has 3 aromatic rings. The highest BCUT2D eigenvalue weighted by atomic mass is 35.5. The van der Waals surface area contributed by atoms with Gasteiger partial charge in [0.2, 0.25) is 0 Å². The van der Waals surface area contributed by atoms with Crippen LogP contribution in [0, 0.1) is 5.82 Å². The molecule has 0 saturated heterocycles. The van der Waals surface area contributed by atoms with Gasteiger partial charge in [-0.2, -0.15) is 0 Å². The van der Waals surface area contributed by atoms with Crippen LogP contribution < -0.4 is 5.32 Å². The monoisotopic (exact) mass is 343 g/mol. The molecular weight excluding hydrogens is 329 g/mol. The minimum absolute atomic E-state index is 0. The lowest BCUT2D eigenvalue weighted by Gasteiger charge is -2.14. The van der Waals surface area contributed by atoms with Crippen LogP contribution in [0.2, 0.25) is 0 Å². The van der Waals surface area contributed by atoms with Crippen molar-refractivity contribution in [1.82, 2.24) is 14.9 Å². The van der Waals surface area contributed by atoms with E-state index in [-0.39, 0.29) is 24.1 Å². The van der Waals surface area contributed by atoms with Crippen molar-refractivity contribution < 1.29 is 9.18 Å². The van der Waals surface area contributed by atoms with Gasteiger partial charge in [-0.15, -0.1) is 12.4 Å². The Bertz CT molecular complexity index is 907. The smallest absolute Gasteiger partial charge is 0.267 e. The zero-order valence-electron chi connectivity index (χ0n) is 12.7. The maximum Gasteiger partial charge on any atom is 0.267 e. The molecule has 24 heavy (non-hydrogen) atoms. The summed E-state index contributed by atoms with van der Waals surface area (Å²) >= 11 is 0. The van der Waals surface area contributed by atoms with Gasteiger partial charge in [0.25, 0.3) is 5.91 Å². The SMILES string of the molecule is Cl.O=C1NCCn2cc(-c3ccnc(-c4cccc(F)c4)c3)cc21. The van der Waals surface area contributed by atoms with Crippen LogP contribution in [-0.2, 0) is 6.54 Å². The summed E-state index contributed by atoms with van der Waals surface area (Å²) < 4.78 is 15.4. The summed E-state index contributed by atoms with van der Waals surface area (Å²) in [4.78, 5) is 16.2. The van der Waals surface area contributed by atoms with Crippen molar-refractivity contribution in [3.8, 4) is 22.4 Å². The molecule has 0 unspecified atom stereocenters. The fourth-order valence-corrected chi connectivity index (χ4v) is 2.84. The topological polar surface area (TPSA) is 46.9 Å². The largest absolute Gasteiger partial charge is 0.349 e. The second-order valence-corrected chi connectivity index (χ2v) is 5.50. The van der Waals surface area contributed by atoms with Gasteiger partial charge in [-0.1, -0.05) is 12.1 Å². The first-order valence-corrected chi connectivity index (χ1v) is 7.41. The number of pyridine rings is 1. The molecule has 1 amide bonds. The van der Waals surface area contributed by atoms with E-state index in [1.807, 2.05) is 35.0 Å². The molecule has 0 bridgehead atoms. The molecule has 1 N–H and O–H groups in total. The Morgan fingerprint density at radius 3 is 2.75 bits per heavy atom. The molecule has 1 aliphatic rings. The highest BCUT2D eigenvalue weighted by Crippen LogP contribution is 2.27. The Balaban J connectivity index is 0.00000169. The normalized spacial score (nSPS) is 13.0. The summed E-state index contributed by atoms with van der Waals surface area (Å²) in [5.41, 5.74) is 4.01. The van der Waals surface area contributed by atoms with Gasteiger partial charge in [0.1, 0.15) is 11.5 Å². The molecule has 0 atom stereocenters. The summed E-state index contributed by atoms with van der Waals surface area (Å²) in [6.45, 7) is 1.41. The zero-order chi connectivity index (χ0) is 15.8. The van der Waals surface area contributed by atoms with E-state index in [2.05, 4.69) is 10.3 Å². The number of benzene rings is 1. The van der Waals surface area contributed by atoms with Gasteiger partial charge in [-0.05, 0) is 35.9 Å². The lowest BCUT2D eigenvalue weighted by molar-refractivity contribution is 0.0928. The van der Waals surface area contributed by atoms with Crippen molar-refractivity contribution in [2.75, 3.05) is 6.54 Å². The van der Waals surface area contributed by atoms with E-state index < -0.39 is 0 Å². The molecule has 122 valence electrons. The third-order valence-corrected chi connectivity index (χ3v) is 3.98. The first-order valence-electron chi connectivity index (χ1n) is 7.41. The second kappa shape index (κ2) is 6.45. The minimum atomic E-state index is -0.286. The van der Waals surface area contributed by atoms with Crippen LogP contribution in [0.4, 0.5) is 4.39 Å². The van der Waals surface area contributed by atoms with Crippen molar-refractivity contribution in [3.05, 3.63) is 66.4 Å². The Morgan fingerprint density at radius 2 is 1.96 bits per heavy atom. The van der Waals surface area contributed by atoms with Crippen LogP contribution in [0.5, 0.6) is 0 Å². The van der Waals surface area contributed by atoms with Gasteiger partial charge in [0.15, 0.2) is 0 Å². The van der Waals surface area contributed by atoms with E-state index in [0.29, 0.717) is 17.9 Å². The fourth-order valence-electron chi connectivity index (χ4n) is 2.84. The van der Waals surface area contributed by atoms with Crippen LogP contribution in [0.1, 0.15) is 10.5 Å². The Morgan fingerprint density at radius 1 is 1.08 bits per heavy atom. The quantitative estimate of drug-likeness (QED) is 0.774. The third-order valence-electron chi connectivity index (χ3n) is 3.98. The van der Waals surface area contributed by atoms with Gasteiger partial charge in [-0.3, -0.25) is 9.78 Å². The van der Waals surface area contributed by atoms with Crippen LogP contribution in [-0.4, -0.2) is 22.0 Å². The minimum Gasteiger partial charge on any atom is -0.349 e. The average Bonchev–Trinajstić information content (AvgIpc) is 3.01. The molecule has 0 spiro atoms. The van der Waals surface area contributed by atoms with Crippen molar-refractivity contribution in [1.29, 1.82) is 0 Å². The summed E-state index contributed by atoms with van der Waals surface area (Å²) in [5.74, 6) is -0.340. The van der Waals surface area contributed by atoms with E-state index in [9.17, 15) is 9.18 Å². The lowest BCUT2D eigenvalue weighted by atomic mass is 10.1. The first-order chi connectivity index (χ1) is 11.2. The summed E-state index contributed by atoms with van der Waals surface area (Å²) in [6.07, 6.45) is 3.67. The molecule has 6 heteroatoms. The molecule has 3 heterocycles. The Kier molecular flexibility index (Phi) is 4.36. The lowest BCUT2D eigenvalue weighted by Crippen LogP contribution is -2.34. The van der Waals surface area contributed by atoms with Crippen molar-refractivity contribution in [2.24, 2.45) is 0 Å². The predicted molar refractivity (Wildman–Crippen MR) is 92.6 cm³/mol. The molecule has 0 saturated carbocycles.